The average Bonchev–Trinajstić information content (AvgIpc) is 2.57. The smallest absolute Gasteiger partial charge is 0.239 e. The fourth-order valence-electron chi connectivity index (χ4n) is 2.05. The van der Waals surface area contributed by atoms with E-state index in [1.54, 1.807) is 55.5 Å². The van der Waals surface area contributed by atoms with E-state index >= 15 is 0 Å². The number of rotatable bonds is 7. The molecule has 2 aromatic rings. The van der Waals surface area contributed by atoms with Crippen molar-refractivity contribution in [2.75, 3.05) is 37.9 Å². The van der Waals surface area contributed by atoms with Crippen molar-refractivity contribution in [1.29, 1.82) is 0 Å². The lowest BCUT2D eigenvalue weighted by molar-refractivity contribution is -0.119. The third-order valence-electron chi connectivity index (χ3n) is 3.20. The van der Waals surface area contributed by atoms with Crippen LogP contribution in [0.1, 0.15) is 0 Å². The molecule has 1 heterocycles. The number of pyridine rings is 1. The Morgan fingerprint density at radius 2 is 1.72 bits per heavy atom. The molecular formula is C17H19ClN4O3. The molecule has 25 heavy (non-hydrogen) atoms. The zero-order valence-electron chi connectivity index (χ0n) is 14.0. The zero-order chi connectivity index (χ0) is 18.2. The lowest BCUT2D eigenvalue weighted by Gasteiger charge is -2.16. The third kappa shape index (κ3) is 6.40. The maximum absolute atomic E-state index is 12.0. The third-order valence-corrected chi connectivity index (χ3v) is 3.42. The summed E-state index contributed by atoms with van der Waals surface area (Å²) in [6, 6.07) is 10.2. The first-order chi connectivity index (χ1) is 12.0. The molecule has 2 amide bonds. The molecule has 0 aliphatic rings. The predicted octanol–water partition coefficient (Wildman–Crippen LogP) is 2.25. The van der Waals surface area contributed by atoms with Crippen molar-refractivity contribution in [2.24, 2.45) is 0 Å². The van der Waals surface area contributed by atoms with E-state index in [9.17, 15) is 9.59 Å². The summed E-state index contributed by atoms with van der Waals surface area (Å²) in [6.45, 7) is 0.133. The van der Waals surface area contributed by atoms with E-state index in [1.807, 2.05) is 0 Å². The molecular weight excluding hydrogens is 344 g/mol. The van der Waals surface area contributed by atoms with E-state index in [1.165, 1.54) is 6.20 Å². The van der Waals surface area contributed by atoms with Gasteiger partial charge in [0, 0.05) is 11.9 Å². The molecule has 0 aliphatic heterocycles. The Kier molecular flexibility index (Phi) is 6.73. The number of carbonyl (C=O) groups is 2. The summed E-state index contributed by atoms with van der Waals surface area (Å²) in [7, 11) is 3.26. The average molecular weight is 363 g/mol. The number of nitrogens with one attached hydrogen (secondary N) is 2. The molecule has 0 fully saturated rings. The molecule has 0 atom stereocenters. The lowest BCUT2D eigenvalue weighted by Crippen LogP contribution is -2.36. The highest BCUT2D eigenvalue weighted by Gasteiger charge is 2.11. The molecule has 0 aliphatic carbocycles. The standard InChI is InChI=1S/C17H19ClN4O3/c1-22(11-17(24)21-15-8-3-12(18)9-19-15)10-16(23)20-13-4-6-14(25-2)7-5-13/h3-9H,10-11H2,1-2H3,(H,20,23)(H,19,21,24). The highest BCUT2D eigenvalue weighted by Crippen LogP contribution is 2.14. The van der Waals surface area contributed by atoms with Crippen molar-refractivity contribution >= 4 is 34.9 Å². The Bertz CT molecular complexity index is 720. The van der Waals surface area contributed by atoms with Gasteiger partial charge in [-0.2, -0.15) is 0 Å². The number of anilines is 2. The van der Waals surface area contributed by atoms with Crippen molar-refractivity contribution in [3.05, 3.63) is 47.6 Å². The van der Waals surface area contributed by atoms with Crippen LogP contribution in [0.25, 0.3) is 0 Å². The van der Waals surface area contributed by atoms with Crippen LogP contribution in [0.4, 0.5) is 11.5 Å². The number of ether oxygens (including phenoxy) is 1. The number of carbonyl (C=O) groups excluding carboxylic acids is 2. The van der Waals surface area contributed by atoms with Crippen LogP contribution in [0.2, 0.25) is 5.02 Å². The summed E-state index contributed by atoms with van der Waals surface area (Å²) in [5.41, 5.74) is 0.661. The van der Waals surface area contributed by atoms with Gasteiger partial charge in [0.2, 0.25) is 11.8 Å². The molecule has 132 valence electrons. The van der Waals surface area contributed by atoms with Crippen LogP contribution < -0.4 is 15.4 Å². The quantitative estimate of drug-likeness (QED) is 0.789. The van der Waals surface area contributed by atoms with Crippen LogP contribution in [0.3, 0.4) is 0 Å². The summed E-state index contributed by atoms with van der Waals surface area (Å²) in [6.07, 6.45) is 1.45. The van der Waals surface area contributed by atoms with E-state index in [0.717, 1.165) is 0 Å². The number of benzene rings is 1. The van der Waals surface area contributed by atoms with Crippen LogP contribution in [0.5, 0.6) is 5.75 Å². The second-order valence-corrected chi connectivity index (χ2v) is 5.80. The van der Waals surface area contributed by atoms with Crippen molar-refractivity contribution in [3.8, 4) is 5.75 Å². The number of hydrogen-bond donors (Lipinski definition) is 2. The Morgan fingerprint density at radius 3 is 2.28 bits per heavy atom. The number of aromatic nitrogens is 1. The van der Waals surface area contributed by atoms with Crippen molar-refractivity contribution in [3.63, 3.8) is 0 Å². The Balaban J connectivity index is 1.77. The molecule has 2 N–H and O–H groups in total. The van der Waals surface area contributed by atoms with Gasteiger partial charge in [-0.05, 0) is 43.4 Å². The Morgan fingerprint density at radius 1 is 1.08 bits per heavy atom. The summed E-state index contributed by atoms with van der Waals surface area (Å²) < 4.78 is 5.06. The van der Waals surface area contributed by atoms with Crippen molar-refractivity contribution < 1.29 is 14.3 Å². The molecule has 0 bridgehead atoms. The lowest BCUT2D eigenvalue weighted by atomic mass is 10.3. The number of amides is 2. The van der Waals surface area contributed by atoms with E-state index in [2.05, 4.69) is 15.6 Å². The molecule has 7 nitrogen and oxygen atoms in total. The molecule has 0 spiro atoms. The van der Waals surface area contributed by atoms with Gasteiger partial charge in [-0.1, -0.05) is 11.6 Å². The van der Waals surface area contributed by atoms with Gasteiger partial charge in [0.05, 0.1) is 25.2 Å². The van der Waals surface area contributed by atoms with Crippen LogP contribution in [0.15, 0.2) is 42.6 Å². The molecule has 1 aromatic heterocycles. The number of methoxy groups -OCH3 is 1. The maximum atomic E-state index is 12.0. The van der Waals surface area contributed by atoms with Crippen LogP contribution in [-0.4, -0.2) is 48.9 Å². The summed E-state index contributed by atoms with van der Waals surface area (Å²) in [5.74, 6) is 0.632. The van der Waals surface area contributed by atoms with E-state index in [-0.39, 0.29) is 24.9 Å². The fourth-order valence-corrected chi connectivity index (χ4v) is 2.16. The second-order valence-electron chi connectivity index (χ2n) is 5.36. The van der Waals surface area contributed by atoms with E-state index in [4.69, 9.17) is 16.3 Å². The topological polar surface area (TPSA) is 83.6 Å². The van der Waals surface area contributed by atoms with Gasteiger partial charge in [-0.3, -0.25) is 14.5 Å². The molecule has 0 radical (unpaired) electrons. The summed E-state index contributed by atoms with van der Waals surface area (Å²) >= 11 is 5.74. The van der Waals surface area contributed by atoms with Gasteiger partial charge in [-0.15, -0.1) is 0 Å². The molecule has 2 rings (SSSR count). The van der Waals surface area contributed by atoms with Gasteiger partial charge in [0.25, 0.3) is 0 Å². The zero-order valence-corrected chi connectivity index (χ0v) is 14.7. The van der Waals surface area contributed by atoms with E-state index < -0.39 is 0 Å². The first-order valence-electron chi connectivity index (χ1n) is 7.50. The van der Waals surface area contributed by atoms with Crippen molar-refractivity contribution in [2.45, 2.75) is 0 Å². The van der Waals surface area contributed by atoms with E-state index in [0.29, 0.717) is 22.3 Å². The maximum Gasteiger partial charge on any atom is 0.239 e. The monoisotopic (exact) mass is 362 g/mol. The first-order valence-corrected chi connectivity index (χ1v) is 7.88. The largest absolute Gasteiger partial charge is 0.497 e. The number of nitrogens with zero attached hydrogens (tertiary/aromatic N) is 2. The van der Waals surface area contributed by atoms with Gasteiger partial charge < -0.3 is 15.4 Å². The van der Waals surface area contributed by atoms with Gasteiger partial charge in [0.15, 0.2) is 0 Å². The Labute approximate surface area is 150 Å². The molecule has 0 saturated heterocycles. The highest BCUT2D eigenvalue weighted by molar-refractivity contribution is 6.30. The van der Waals surface area contributed by atoms with Crippen molar-refractivity contribution in [1.82, 2.24) is 9.88 Å². The summed E-state index contributed by atoms with van der Waals surface area (Å²) in [5, 5.41) is 5.89. The normalized spacial score (nSPS) is 10.4. The minimum absolute atomic E-state index is 0.0559. The molecule has 0 saturated carbocycles. The Hall–Kier alpha value is -2.64. The first kappa shape index (κ1) is 18.7. The van der Waals surface area contributed by atoms with Gasteiger partial charge >= 0.3 is 0 Å². The highest BCUT2D eigenvalue weighted by atomic mass is 35.5. The minimum Gasteiger partial charge on any atom is -0.497 e. The second kappa shape index (κ2) is 9.00. The fraction of sp³-hybridized carbons (Fsp3) is 0.235. The molecule has 1 aromatic carbocycles. The number of likely N-dealkylation sites (N-methyl/N-ethyl adjacent to an activating group) is 1. The van der Waals surface area contributed by atoms with Crippen LogP contribution >= 0.6 is 11.6 Å². The summed E-state index contributed by atoms with van der Waals surface area (Å²) in [4.78, 5) is 29.5. The number of halogens is 1. The van der Waals surface area contributed by atoms with Gasteiger partial charge in [-0.25, -0.2) is 4.98 Å². The predicted molar refractivity (Wildman–Crippen MR) is 97.0 cm³/mol. The number of hydrogen-bond acceptors (Lipinski definition) is 5. The van der Waals surface area contributed by atoms with Crippen LogP contribution in [0, 0.1) is 0 Å². The molecule has 0 unspecified atom stereocenters. The molecule has 8 heteroatoms. The minimum atomic E-state index is -0.269. The van der Waals surface area contributed by atoms with Crippen LogP contribution in [-0.2, 0) is 9.59 Å². The SMILES string of the molecule is COc1ccc(NC(=O)CN(C)CC(=O)Nc2ccc(Cl)cn2)cc1. The van der Waals surface area contributed by atoms with Gasteiger partial charge in [0.1, 0.15) is 11.6 Å².